The van der Waals surface area contributed by atoms with Crippen molar-refractivity contribution in [2.24, 2.45) is 0 Å². The first-order valence-electron chi connectivity index (χ1n) is 8.29. The van der Waals surface area contributed by atoms with Crippen LogP contribution in [-0.4, -0.2) is 33.5 Å². The quantitative estimate of drug-likeness (QED) is 0.250. The molecule has 146 valence electrons. The standard InChI is InChI=1S/C17H32O6P2/c1-15(2)7-5-8-16(3)9-6-10-17(4)11-12-23-13-24(18,19)14-25(20,21)22/h7,9,11H,5-6,8,10,12-14H2,1-4H3,(H,18,19)(H2,20,21,22)/b16-9+,17-11-. The maximum atomic E-state index is 11.6. The fourth-order valence-corrected chi connectivity index (χ4v) is 5.08. The van der Waals surface area contributed by atoms with E-state index in [1.807, 2.05) is 13.0 Å². The predicted molar refractivity (Wildman–Crippen MR) is 103 cm³/mol. The third-order valence-corrected chi connectivity index (χ3v) is 7.20. The smallest absolute Gasteiger partial charge is 0.335 e. The average Bonchev–Trinajstić information content (AvgIpc) is 2.40. The Morgan fingerprint density at radius 3 is 1.92 bits per heavy atom. The largest absolute Gasteiger partial charge is 0.367 e. The highest BCUT2D eigenvalue weighted by molar-refractivity contribution is 7.72. The molecule has 0 fully saturated rings. The van der Waals surface area contributed by atoms with Gasteiger partial charge in [-0.3, -0.25) is 9.13 Å². The second-order valence-corrected chi connectivity index (χ2v) is 11.0. The minimum atomic E-state index is -4.51. The van der Waals surface area contributed by atoms with Crippen molar-refractivity contribution in [3.8, 4) is 0 Å². The van der Waals surface area contributed by atoms with E-state index in [9.17, 15) is 14.0 Å². The average molecular weight is 394 g/mol. The number of hydrogen-bond donors (Lipinski definition) is 3. The van der Waals surface area contributed by atoms with Gasteiger partial charge in [-0.25, -0.2) is 0 Å². The lowest BCUT2D eigenvalue weighted by molar-refractivity contribution is 0.199. The molecule has 25 heavy (non-hydrogen) atoms. The Morgan fingerprint density at radius 1 is 0.880 bits per heavy atom. The molecule has 0 heterocycles. The van der Waals surface area contributed by atoms with Crippen molar-refractivity contribution in [1.82, 2.24) is 0 Å². The maximum absolute atomic E-state index is 11.6. The molecule has 0 radical (unpaired) electrons. The Hall–Kier alpha value is -0.480. The summed E-state index contributed by atoms with van der Waals surface area (Å²) in [5.74, 6) is -1.04. The van der Waals surface area contributed by atoms with Crippen molar-refractivity contribution in [3.05, 3.63) is 34.9 Å². The monoisotopic (exact) mass is 394 g/mol. The first kappa shape index (κ1) is 24.5. The van der Waals surface area contributed by atoms with Crippen LogP contribution >= 0.6 is 15.0 Å². The SMILES string of the molecule is CC(C)=CCC/C(C)=C/CC/C(C)=C\COCP(=O)(O)CP(=O)(O)O. The second-order valence-electron chi connectivity index (χ2n) is 6.61. The van der Waals surface area contributed by atoms with E-state index in [2.05, 4.69) is 32.9 Å². The molecular formula is C17H32O6P2. The summed E-state index contributed by atoms with van der Waals surface area (Å²) in [5.41, 5.74) is 3.80. The molecule has 8 heteroatoms. The van der Waals surface area contributed by atoms with Crippen LogP contribution in [0.15, 0.2) is 34.9 Å². The van der Waals surface area contributed by atoms with E-state index < -0.39 is 27.2 Å². The first-order valence-corrected chi connectivity index (χ1v) is 12.1. The van der Waals surface area contributed by atoms with E-state index in [4.69, 9.17) is 14.5 Å². The lowest BCUT2D eigenvalue weighted by Crippen LogP contribution is -2.00. The molecule has 0 saturated heterocycles. The Balaban J connectivity index is 4.08. The fraction of sp³-hybridized carbons (Fsp3) is 0.647. The summed E-state index contributed by atoms with van der Waals surface area (Å²) in [5, 5.41) is 0. The van der Waals surface area contributed by atoms with Gasteiger partial charge in [-0.1, -0.05) is 34.9 Å². The van der Waals surface area contributed by atoms with Crippen LogP contribution in [0.4, 0.5) is 0 Å². The van der Waals surface area contributed by atoms with Crippen molar-refractivity contribution >= 4 is 15.0 Å². The van der Waals surface area contributed by atoms with Crippen LogP contribution < -0.4 is 0 Å². The third kappa shape index (κ3) is 16.7. The summed E-state index contributed by atoms with van der Waals surface area (Å²) < 4.78 is 27.4. The molecular weight excluding hydrogens is 362 g/mol. The minimum Gasteiger partial charge on any atom is -0.367 e. The molecule has 0 rings (SSSR count). The van der Waals surface area contributed by atoms with Crippen molar-refractivity contribution in [1.29, 1.82) is 0 Å². The molecule has 0 amide bonds. The Kier molecular flexibility index (Phi) is 11.8. The van der Waals surface area contributed by atoms with E-state index >= 15 is 0 Å². The summed E-state index contributed by atoms with van der Waals surface area (Å²) in [6.45, 7) is 8.43. The third-order valence-electron chi connectivity index (χ3n) is 3.37. The van der Waals surface area contributed by atoms with Gasteiger partial charge in [0.05, 0.1) is 6.61 Å². The normalized spacial score (nSPS) is 15.8. The van der Waals surface area contributed by atoms with Crippen LogP contribution in [-0.2, 0) is 13.9 Å². The molecule has 0 aliphatic rings. The van der Waals surface area contributed by atoms with Gasteiger partial charge in [-0.05, 0) is 53.4 Å². The van der Waals surface area contributed by atoms with Gasteiger partial charge in [0.2, 0.25) is 7.37 Å². The van der Waals surface area contributed by atoms with Crippen molar-refractivity contribution in [3.63, 3.8) is 0 Å². The van der Waals surface area contributed by atoms with E-state index in [0.717, 1.165) is 31.3 Å². The van der Waals surface area contributed by atoms with Crippen LogP contribution in [0.25, 0.3) is 0 Å². The van der Waals surface area contributed by atoms with E-state index in [1.54, 1.807) is 0 Å². The highest BCUT2D eigenvalue weighted by atomic mass is 31.2. The van der Waals surface area contributed by atoms with Crippen LogP contribution in [0.2, 0.25) is 0 Å². The molecule has 0 aliphatic heterocycles. The number of rotatable bonds is 12. The summed E-state index contributed by atoms with van der Waals surface area (Å²) in [6, 6.07) is 0. The van der Waals surface area contributed by atoms with Crippen LogP contribution in [0.3, 0.4) is 0 Å². The predicted octanol–water partition coefficient (Wildman–Crippen LogP) is 4.79. The molecule has 0 saturated carbocycles. The Bertz CT molecular complexity index is 582. The van der Waals surface area contributed by atoms with Crippen LogP contribution in [0.1, 0.15) is 53.4 Å². The number of hydrogen-bond acceptors (Lipinski definition) is 3. The lowest BCUT2D eigenvalue weighted by Gasteiger charge is -2.12. The van der Waals surface area contributed by atoms with E-state index in [1.165, 1.54) is 11.1 Å². The van der Waals surface area contributed by atoms with Gasteiger partial charge in [-0.15, -0.1) is 0 Å². The zero-order chi connectivity index (χ0) is 19.5. The molecule has 0 aromatic rings. The van der Waals surface area contributed by atoms with Crippen LogP contribution in [0.5, 0.6) is 0 Å². The summed E-state index contributed by atoms with van der Waals surface area (Å²) in [4.78, 5) is 26.9. The molecule has 0 spiro atoms. The van der Waals surface area contributed by atoms with E-state index in [0.29, 0.717) is 0 Å². The lowest BCUT2D eigenvalue weighted by atomic mass is 10.1. The first-order chi connectivity index (χ1) is 11.4. The minimum absolute atomic E-state index is 0.154. The molecule has 6 nitrogen and oxygen atoms in total. The molecule has 0 bridgehead atoms. The van der Waals surface area contributed by atoms with Gasteiger partial charge in [0, 0.05) is 0 Å². The summed E-state index contributed by atoms with van der Waals surface area (Å²) >= 11 is 0. The molecule has 3 N–H and O–H groups in total. The van der Waals surface area contributed by atoms with Gasteiger partial charge in [0.1, 0.15) is 12.3 Å². The molecule has 0 aromatic heterocycles. The summed E-state index contributed by atoms with van der Waals surface area (Å²) in [7, 11) is -8.47. The van der Waals surface area contributed by atoms with Gasteiger partial charge in [0.15, 0.2) is 0 Å². The zero-order valence-corrected chi connectivity index (χ0v) is 17.4. The van der Waals surface area contributed by atoms with Crippen molar-refractivity contribution in [2.45, 2.75) is 53.4 Å². The van der Waals surface area contributed by atoms with Crippen molar-refractivity contribution in [2.75, 3.05) is 18.9 Å². The topological polar surface area (TPSA) is 104 Å². The fourth-order valence-electron chi connectivity index (χ4n) is 2.06. The summed E-state index contributed by atoms with van der Waals surface area (Å²) in [6.07, 6.45) is 9.65. The van der Waals surface area contributed by atoms with Gasteiger partial charge in [0.25, 0.3) is 0 Å². The second kappa shape index (κ2) is 12.0. The highest BCUT2D eigenvalue weighted by Crippen LogP contribution is 2.54. The van der Waals surface area contributed by atoms with Crippen LogP contribution in [0, 0.1) is 0 Å². The zero-order valence-electron chi connectivity index (χ0n) is 15.6. The molecule has 1 unspecified atom stereocenters. The number of ether oxygens (including phenoxy) is 1. The van der Waals surface area contributed by atoms with Crippen molar-refractivity contribution < 1.29 is 28.5 Å². The van der Waals surface area contributed by atoms with Gasteiger partial charge >= 0.3 is 7.60 Å². The molecule has 0 aliphatic carbocycles. The molecule has 1 atom stereocenters. The molecule has 0 aromatic carbocycles. The highest BCUT2D eigenvalue weighted by Gasteiger charge is 2.29. The van der Waals surface area contributed by atoms with Gasteiger partial charge < -0.3 is 19.4 Å². The maximum Gasteiger partial charge on any atom is 0.335 e. The Morgan fingerprint density at radius 2 is 1.40 bits per heavy atom. The van der Waals surface area contributed by atoms with E-state index in [-0.39, 0.29) is 6.61 Å². The number of allylic oxidation sites excluding steroid dienone is 5. The van der Waals surface area contributed by atoms with Gasteiger partial charge in [-0.2, -0.15) is 0 Å². The Labute approximate surface area is 151 Å².